The van der Waals surface area contributed by atoms with Crippen LogP contribution in [0.5, 0.6) is 0 Å². The minimum Gasteiger partial charge on any atom is -0.329 e. The Labute approximate surface area is 135 Å². The molecule has 0 saturated carbocycles. The van der Waals surface area contributed by atoms with Crippen LogP contribution < -0.4 is 0 Å². The summed E-state index contributed by atoms with van der Waals surface area (Å²) >= 11 is 0. The molecular formula is C20H18O3. The van der Waals surface area contributed by atoms with Crippen molar-refractivity contribution in [2.24, 2.45) is 0 Å². The molecule has 1 fully saturated rings. The molecular weight excluding hydrogens is 288 g/mol. The smallest absolute Gasteiger partial charge is 0.258 e. The molecule has 3 heteroatoms. The molecule has 0 aromatic heterocycles. The monoisotopic (exact) mass is 306 g/mol. The first-order valence-corrected chi connectivity index (χ1v) is 7.82. The lowest BCUT2D eigenvalue weighted by molar-refractivity contribution is -0.179. The van der Waals surface area contributed by atoms with Gasteiger partial charge >= 0.3 is 0 Å². The van der Waals surface area contributed by atoms with E-state index < -0.39 is 5.79 Å². The van der Waals surface area contributed by atoms with Crippen LogP contribution in [0.3, 0.4) is 0 Å². The van der Waals surface area contributed by atoms with E-state index in [-0.39, 0.29) is 18.0 Å². The second-order valence-corrected chi connectivity index (χ2v) is 6.09. The quantitative estimate of drug-likeness (QED) is 0.837. The molecule has 1 spiro atoms. The van der Waals surface area contributed by atoms with E-state index in [1.54, 1.807) is 0 Å². The van der Waals surface area contributed by atoms with Crippen molar-refractivity contribution in [3.8, 4) is 0 Å². The molecule has 4 rings (SSSR count). The molecule has 0 amide bonds. The molecule has 116 valence electrons. The normalized spacial score (nSPS) is 25.7. The summed E-state index contributed by atoms with van der Waals surface area (Å²) in [5, 5.41) is 0. The Balaban J connectivity index is 1.78. The third-order valence-electron chi connectivity index (χ3n) is 4.81. The summed E-state index contributed by atoms with van der Waals surface area (Å²) in [7, 11) is 0. The lowest BCUT2D eigenvalue weighted by atomic mass is 9.82. The molecule has 0 radical (unpaired) electrons. The molecule has 23 heavy (non-hydrogen) atoms. The number of rotatable bonds is 2. The van der Waals surface area contributed by atoms with Gasteiger partial charge in [-0.3, -0.25) is 4.79 Å². The van der Waals surface area contributed by atoms with Crippen molar-refractivity contribution < 1.29 is 14.3 Å². The molecule has 2 aliphatic rings. The maximum Gasteiger partial charge on any atom is 0.258 e. The Bertz CT molecular complexity index is 730. The first kappa shape index (κ1) is 14.4. The van der Waals surface area contributed by atoms with Gasteiger partial charge in [0.15, 0.2) is 0 Å². The van der Waals surface area contributed by atoms with E-state index in [4.69, 9.17) is 9.47 Å². The van der Waals surface area contributed by atoms with Crippen LogP contribution in [-0.2, 0) is 14.3 Å². The van der Waals surface area contributed by atoms with Crippen LogP contribution in [0.4, 0.5) is 0 Å². The van der Waals surface area contributed by atoms with Crippen LogP contribution in [0.2, 0.25) is 0 Å². The average Bonchev–Trinajstić information content (AvgIpc) is 3.05. The third-order valence-corrected chi connectivity index (χ3v) is 4.81. The molecule has 1 saturated heterocycles. The van der Waals surface area contributed by atoms with Gasteiger partial charge in [-0.15, -0.1) is 0 Å². The van der Waals surface area contributed by atoms with E-state index in [9.17, 15) is 4.79 Å². The molecule has 0 unspecified atom stereocenters. The van der Waals surface area contributed by atoms with E-state index in [1.165, 1.54) is 0 Å². The van der Waals surface area contributed by atoms with Crippen LogP contribution in [0.1, 0.15) is 37.2 Å². The molecule has 0 bridgehead atoms. The zero-order chi connectivity index (χ0) is 16.0. The van der Waals surface area contributed by atoms with Gasteiger partial charge < -0.3 is 9.47 Å². The summed E-state index contributed by atoms with van der Waals surface area (Å²) in [6, 6.07) is 19.9. The highest BCUT2D eigenvalue weighted by molar-refractivity contribution is 6.10. The molecule has 2 aromatic rings. The SMILES string of the molecule is CC1=C(C)C2(O[C@@H](c3ccccc3)[C@H](c3ccccc3)O2)C1=O. The second kappa shape index (κ2) is 5.15. The van der Waals surface area contributed by atoms with Gasteiger partial charge in [-0.05, 0) is 25.0 Å². The topological polar surface area (TPSA) is 35.5 Å². The van der Waals surface area contributed by atoms with Crippen LogP contribution in [0.15, 0.2) is 71.8 Å². The van der Waals surface area contributed by atoms with Gasteiger partial charge in [0.1, 0.15) is 12.2 Å². The fraction of sp³-hybridized carbons (Fsp3) is 0.250. The number of Topliss-reactive ketones (excluding diaryl/α,β-unsaturated/α-hetero) is 1. The number of hydrogen-bond acceptors (Lipinski definition) is 3. The zero-order valence-electron chi connectivity index (χ0n) is 13.2. The number of benzene rings is 2. The first-order valence-electron chi connectivity index (χ1n) is 7.82. The predicted molar refractivity (Wildman–Crippen MR) is 86.6 cm³/mol. The average molecular weight is 306 g/mol. The Kier molecular flexibility index (Phi) is 3.22. The van der Waals surface area contributed by atoms with Crippen LogP contribution in [0.25, 0.3) is 0 Å². The van der Waals surface area contributed by atoms with Crippen LogP contribution in [0, 0.1) is 0 Å². The summed E-state index contributed by atoms with van der Waals surface area (Å²) < 4.78 is 12.4. The van der Waals surface area contributed by atoms with Crippen molar-refractivity contribution in [3.63, 3.8) is 0 Å². The highest BCUT2D eigenvalue weighted by atomic mass is 16.8. The maximum absolute atomic E-state index is 12.4. The number of hydrogen-bond donors (Lipinski definition) is 0. The zero-order valence-corrected chi connectivity index (χ0v) is 13.2. The highest BCUT2D eigenvalue weighted by Gasteiger charge is 2.61. The van der Waals surface area contributed by atoms with Crippen molar-refractivity contribution in [1.29, 1.82) is 0 Å². The van der Waals surface area contributed by atoms with Gasteiger partial charge in [-0.2, -0.15) is 0 Å². The Morgan fingerprint density at radius 3 is 1.61 bits per heavy atom. The van der Waals surface area contributed by atoms with Crippen LogP contribution in [-0.4, -0.2) is 11.6 Å². The number of ether oxygens (including phenoxy) is 2. The van der Waals surface area contributed by atoms with Crippen LogP contribution >= 0.6 is 0 Å². The summed E-state index contributed by atoms with van der Waals surface area (Å²) in [6.07, 6.45) is -0.601. The molecule has 1 aliphatic carbocycles. The van der Waals surface area contributed by atoms with E-state index in [0.29, 0.717) is 0 Å². The van der Waals surface area contributed by atoms with Gasteiger partial charge in [0.05, 0.1) is 0 Å². The van der Waals surface area contributed by atoms with Gasteiger partial charge in [0.2, 0.25) is 5.78 Å². The summed E-state index contributed by atoms with van der Waals surface area (Å²) in [4.78, 5) is 12.4. The van der Waals surface area contributed by atoms with Crippen molar-refractivity contribution in [2.75, 3.05) is 0 Å². The lowest BCUT2D eigenvalue weighted by Gasteiger charge is -2.36. The Morgan fingerprint density at radius 1 is 0.783 bits per heavy atom. The van der Waals surface area contributed by atoms with E-state index >= 15 is 0 Å². The summed E-state index contributed by atoms with van der Waals surface area (Å²) in [6.45, 7) is 3.73. The molecule has 0 N–H and O–H groups in total. The largest absolute Gasteiger partial charge is 0.329 e. The molecule has 2 atom stereocenters. The van der Waals surface area contributed by atoms with Gasteiger partial charge in [0.25, 0.3) is 5.79 Å². The summed E-state index contributed by atoms with van der Waals surface area (Å²) in [5.74, 6) is -1.26. The third kappa shape index (κ3) is 2.01. The molecule has 3 nitrogen and oxygen atoms in total. The van der Waals surface area contributed by atoms with Gasteiger partial charge in [0, 0.05) is 11.1 Å². The highest BCUT2D eigenvalue weighted by Crippen LogP contribution is 2.54. The van der Waals surface area contributed by atoms with Gasteiger partial charge in [-0.25, -0.2) is 0 Å². The van der Waals surface area contributed by atoms with Gasteiger partial charge in [-0.1, -0.05) is 60.7 Å². The maximum atomic E-state index is 12.4. The minimum absolute atomic E-state index is 0.0608. The first-order chi connectivity index (χ1) is 11.1. The Morgan fingerprint density at radius 2 is 1.22 bits per heavy atom. The number of carbonyl (C=O) groups is 1. The number of ketones is 1. The van der Waals surface area contributed by atoms with E-state index in [2.05, 4.69) is 0 Å². The van der Waals surface area contributed by atoms with Crippen molar-refractivity contribution >= 4 is 5.78 Å². The van der Waals surface area contributed by atoms with Crippen molar-refractivity contribution in [2.45, 2.75) is 31.8 Å². The Hall–Kier alpha value is -2.23. The summed E-state index contributed by atoms with van der Waals surface area (Å²) in [5.41, 5.74) is 3.65. The van der Waals surface area contributed by atoms with Crippen molar-refractivity contribution in [3.05, 3.63) is 82.9 Å². The van der Waals surface area contributed by atoms with E-state index in [1.807, 2.05) is 74.5 Å². The predicted octanol–water partition coefficient (Wildman–Crippen LogP) is 4.13. The minimum atomic E-state index is -1.20. The lowest BCUT2D eigenvalue weighted by Crippen LogP contribution is -2.50. The molecule has 1 heterocycles. The molecule has 1 aliphatic heterocycles. The standard InChI is InChI=1S/C20H18O3/c1-13-14(2)20(19(13)21)22-17(15-9-5-3-6-10-15)18(23-20)16-11-7-4-8-12-16/h3-12,17-18H,1-2H3/t17-,18-/m0/s1. The fourth-order valence-corrected chi connectivity index (χ4v) is 3.34. The fourth-order valence-electron chi connectivity index (χ4n) is 3.34. The van der Waals surface area contributed by atoms with E-state index in [0.717, 1.165) is 22.3 Å². The number of carbonyl (C=O) groups excluding carboxylic acids is 1. The van der Waals surface area contributed by atoms with Crippen molar-refractivity contribution in [1.82, 2.24) is 0 Å². The molecule has 2 aromatic carbocycles. The second-order valence-electron chi connectivity index (χ2n) is 6.09.